The zero-order chi connectivity index (χ0) is 14.1. The van der Waals surface area contributed by atoms with Crippen molar-refractivity contribution in [3.05, 3.63) is 33.9 Å². The molecule has 0 amide bonds. The molecule has 0 saturated heterocycles. The average molecular weight is 265 g/mol. The molecule has 0 aliphatic carbocycles. The molecule has 0 radical (unpaired) electrons. The summed E-state index contributed by atoms with van der Waals surface area (Å²) in [4.78, 5) is 10.2. The van der Waals surface area contributed by atoms with Gasteiger partial charge in [0.2, 0.25) is 0 Å². The summed E-state index contributed by atoms with van der Waals surface area (Å²) in [7, 11) is 0. The number of benzene rings is 1. The van der Waals surface area contributed by atoms with Crippen molar-refractivity contribution in [2.24, 2.45) is 0 Å². The first kappa shape index (κ1) is 15.5. The Kier molecular flexibility index (Phi) is 6.93. The SMILES string of the molecule is CCCCCCCCCc1ccc(O)c([N+](=O)[O-])c1. The zero-order valence-electron chi connectivity index (χ0n) is 11.6. The molecule has 1 aromatic rings. The van der Waals surface area contributed by atoms with E-state index in [-0.39, 0.29) is 11.4 Å². The van der Waals surface area contributed by atoms with E-state index >= 15 is 0 Å². The van der Waals surface area contributed by atoms with E-state index in [1.165, 1.54) is 50.7 Å². The Morgan fingerprint density at radius 2 is 1.74 bits per heavy atom. The molecular formula is C15H23NO3. The van der Waals surface area contributed by atoms with Crippen LogP contribution in [0, 0.1) is 10.1 Å². The first-order valence-electron chi connectivity index (χ1n) is 7.11. The molecule has 0 bridgehead atoms. The number of nitrogens with zero attached hydrogens (tertiary/aromatic N) is 1. The van der Waals surface area contributed by atoms with Crippen LogP contribution in [0.15, 0.2) is 18.2 Å². The highest BCUT2D eigenvalue weighted by Crippen LogP contribution is 2.27. The topological polar surface area (TPSA) is 63.4 Å². The molecule has 4 nitrogen and oxygen atoms in total. The maximum absolute atomic E-state index is 10.7. The molecule has 106 valence electrons. The van der Waals surface area contributed by atoms with E-state index in [4.69, 9.17) is 0 Å². The van der Waals surface area contributed by atoms with Gasteiger partial charge in [0.25, 0.3) is 0 Å². The second-order valence-corrected chi connectivity index (χ2v) is 4.95. The van der Waals surface area contributed by atoms with Crippen molar-refractivity contribution < 1.29 is 10.0 Å². The van der Waals surface area contributed by atoms with Crippen LogP contribution in [0.25, 0.3) is 0 Å². The van der Waals surface area contributed by atoms with Gasteiger partial charge in [-0.1, -0.05) is 51.5 Å². The Hall–Kier alpha value is -1.58. The van der Waals surface area contributed by atoms with Crippen LogP contribution in [0.1, 0.15) is 57.4 Å². The normalized spacial score (nSPS) is 10.6. The molecule has 0 atom stereocenters. The zero-order valence-corrected chi connectivity index (χ0v) is 11.6. The molecule has 0 aliphatic heterocycles. The molecule has 1 rings (SSSR count). The molecule has 0 saturated carbocycles. The Labute approximate surface area is 114 Å². The van der Waals surface area contributed by atoms with Gasteiger partial charge in [-0.3, -0.25) is 10.1 Å². The fourth-order valence-electron chi connectivity index (χ4n) is 2.16. The maximum atomic E-state index is 10.7. The van der Waals surface area contributed by atoms with Crippen LogP contribution in [0.2, 0.25) is 0 Å². The van der Waals surface area contributed by atoms with Crippen molar-refractivity contribution in [3.8, 4) is 5.75 Å². The van der Waals surface area contributed by atoms with Crippen molar-refractivity contribution in [1.82, 2.24) is 0 Å². The summed E-state index contributed by atoms with van der Waals surface area (Å²) in [6.45, 7) is 2.21. The highest BCUT2D eigenvalue weighted by Gasteiger charge is 2.13. The van der Waals surface area contributed by atoms with Gasteiger partial charge >= 0.3 is 5.69 Å². The van der Waals surface area contributed by atoms with Gasteiger partial charge in [-0.05, 0) is 24.5 Å². The monoisotopic (exact) mass is 265 g/mol. The lowest BCUT2D eigenvalue weighted by atomic mass is 10.0. The molecule has 0 aliphatic rings. The number of unbranched alkanes of at least 4 members (excludes halogenated alkanes) is 6. The number of rotatable bonds is 9. The van der Waals surface area contributed by atoms with E-state index in [9.17, 15) is 15.2 Å². The average Bonchev–Trinajstić information content (AvgIpc) is 2.39. The summed E-state index contributed by atoms with van der Waals surface area (Å²) in [5.74, 6) is -0.256. The Morgan fingerprint density at radius 3 is 2.37 bits per heavy atom. The van der Waals surface area contributed by atoms with E-state index in [1.807, 2.05) is 0 Å². The van der Waals surface area contributed by atoms with Gasteiger partial charge < -0.3 is 5.11 Å². The third kappa shape index (κ3) is 5.73. The van der Waals surface area contributed by atoms with Crippen molar-refractivity contribution in [2.75, 3.05) is 0 Å². The van der Waals surface area contributed by atoms with E-state index in [2.05, 4.69) is 6.92 Å². The van der Waals surface area contributed by atoms with Gasteiger partial charge in [0.05, 0.1) is 4.92 Å². The molecule has 4 heteroatoms. The second-order valence-electron chi connectivity index (χ2n) is 4.95. The minimum absolute atomic E-state index is 0.194. The lowest BCUT2D eigenvalue weighted by Crippen LogP contribution is -1.92. The number of hydrogen-bond acceptors (Lipinski definition) is 3. The predicted molar refractivity (Wildman–Crippen MR) is 76.5 cm³/mol. The lowest BCUT2D eigenvalue weighted by Gasteiger charge is -2.03. The number of phenolic OH excluding ortho intramolecular Hbond substituents is 1. The molecule has 0 heterocycles. The second kappa shape index (κ2) is 8.51. The summed E-state index contributed by atoms with van der Waals surface area (Å²) in [6.07, 6.45) is 9.45. The van der Waals surface area contributed by atoms with Crippen LogP contribution in [0.3, 0.4) is 0 Å². The standard InChI is InChI=1S/C15H23NO3/c1-2-3-4-5-6-7-8-9-13-10-11-15(17)14(12-13)16(18)19/h10-12,17H,2-9H2,1H3. The molecule has 19 heavy (non-hydrogen) atoms. The number of nitro benzene ring substituents is 1. The molecule has 0 unspecified atom stereocenters. The lowest BCUT2D eigenvalue weighted by molar-refractivity contribution is -0.385. The van der Waals surface area contributed by atoms with Crippen LogP contribution in [-0.4, -0.2) is 10.0 Å². The maximum Gasteiger partial charge on any atom is 0.310 e. The number of phenols is 1. The van der Waals surface area contributed by atoms with E-state index < -0.39 is 4.92 Å². The largest absolute Gasteiger partial charge is 0.502 e. The number of aryl methyl sites for hydroxylation is 1. The minimum Gasteiger partial charge on any atom is -0.502 e. The minimum atomic E-state index is -0.538. The van der Waals surface area contributed by atoms with Gasteiger partial charge in [-0.15, -0.1) is 0 Å². The fourth-order valence-corrected chi connectivity index (χ4v) is 2.16. The Bertz CT molecular complexity index is 404. The third-order valence-corrected chi connectivity index (χ3v) is 3.31. The van der Waals surface area contributed by atoms with Crippen molar-refractivity contribution in [1.29, 1.82) is 0 Å². The Balaban J connectivity index is 2.30. The Morgan fingerprint density at radius 1 is 1.11 bits per heavy atom. The van der Waals surface area contributed by atoms with Crippen LogP contribution < -0.4 is 0 Å². The van der Waals surface area contributed by atoms with Gasteiger partial charge in [-0.25, -0.2) is 0 Å². The van der Waals surface area contributed by atoms with Crippen molar-refractivity contribution in [2.45, 2.75) is 58.3 Å². The third-order valence-electron chi connectivity index (χ3n) is 3.31. The quantitative estimate of drug-likeness (QED) is 0.403. The molecule has 1 N–H and O–H groups in total. The van der Waals surface area contributed by atoms with Crippen LogP contribution in [0.4, 0.5) is 5.69 Å². The highest BCUT2D eigenvalue weighted by atomic mass is 16.6. The molecule has 0 aromatic heterocycles. The number of aromatic hydroxyl groups is 1. The first-order chi connectivity index (χ1) is 9.15. The van der Waals surface area contributed by atoms with Crippen LogP contribution in [-0.2, 0) is 6.42 Å². The molecule has 1 aromatic carbocycles. The summed E-state index contributed by atoms with van der Waals surface area (Å²) < 4.78 is 0. The summed E-state index contributed by atoms with van der Waals surface area (Å²) >= 11 is 0. The molecule has 0 spiro atoms. The molecular weight excluding hydrogens is 242 g/mol. The van der Waals surface area contributed by atoms with E-state index in [1.54, 1.807) is 6.07 Å². The first-order valence-corrected chi connectivity index (χ1v) is 7.11. The number of nitro groups is 1. The van der Waals surface area contributed by atoms with Gasteiger partial charge in [0.15, 0.2) is 5.75 Å². The summed E-state index contributed by atoms with van der Waals surface area (Å²) in [6, 6.07) is 4.65. The van der Waals surface area contributed by atoms with E-state index in [0.717, 1.165) is 18.4 Å². The number of hydrogen-bond donors (Lipinski definition) is 1. The van der Waals surface area contributed by atoms with Crippen LogP contribution in [0.5, 0.6) is 5.75 Å². The molecule has 0 fully saturated rings. The predicted octanol–water partition coefficient (Wildman–Crippen LogP) is 4.59. The summed E-state index contributed by atoms with van der Waals surface area (Å²) in [5.41, 5.74) is 0.735. The summed E-state index contributed by atoms with van der Waals surface area (Å²) in [5, 5.41) is 20.1. The van der Waals surface area contributed by atoms with Gasteiger partial charge in [-0.2, -0.15) is 0 Å². The van der Waals surface area contributed by atoms with Crippen molar-refractivity contribution in [3.63, 3.8) is 0 Å². The smallest absolute Gasteiger partial charge is 0.310 e. The van der Waals surface area contributed by atoms with E-state index in [0.29, 0.717) is 0 Å². The van der Waals surface area contributed by atoms with Crippen LogP contribution >= 0.6 is 0 Å². The van der Waals surface area contributed by atoms with Gasteiger partial charge in [0.1, 0.15) is 0 Å². The fraction of sp³-hybridized carbons (Fsp3) is 0.600. The van der Waals surface area contributed by atoms with Crippen molar-refractivity contribution >= 4 is 5.69 Å². The van der Waals surface area contributed by atoms with Gasteiger partial charge in [0, 0.05) is 6.07 Å². The highest BCUT2D eigenvalue weighted by molar-refractivity contribution is 5.47.